The predicted molar refractivity (Wildman–Crippen MR) is 98.7 cm³/mol. The first-order valence-corrected chi connectivity index (χ1v) is 11.0. The fourth-order valence-electron chi connectivity index (χ4n) is 3.29. The quantitative estimate of drug-likeness (QED) is 0.795. The summed E-state index contributed by atoms with van der Waals surface area (Å²) < 4.78 is 27.8. The molecule has 4 rings (SSSR count). The number of hydrogen-bond acceptors (Lipinski definition) is 6. The van der Waals surface area contributed by atoms with E-state index in [-0.39, 0.29) is 4.21 Å². The van der Waals surface area contributed by atoms with Gasteiger partial charge in [0, 0.05) is 44.4 Å². The van der Waals surface area contributed by atoms with E-state index in [1.807, 2.05) is 0 Å². The van der Waals surface area contributed by atoms with Crippen LogP contribution in [0.1, 0.15) is 30.5 Å². The van der Waals surface area contributed by atoms with E-state index in [0.717, 1.165) is 41.6 Å². The van der Waals surface area contributed by atoms with Gasteiger partial charge in [-0.25, -0.2) is 18.4 Å². The Labute approximate surface area is 156 Å². The second-order valence-corrected chi connectivity index (χ2v) is 10.2. The number of anilines is 1. The average molecular weight is 399 g/mol. The normalized spacial score (nSPS) is 19.0. The van der Waals surface area contributed by atoms with E-state index in [9.17, 15) is 8.42 Å². The number of fused-ring (bicyclic) bond motifs is 1. The molecule has 0 atom stereocenters. The van der Waals surface area contributed by atoms with Crippen LogP contribution in [0.25, 0.3) is 0 Å². The molecule has 9 heteroatoms. The van der Waals surface area contributed by atoms with E-state index in [0.29, 0.717) is 23.8 Å². The number of aromatic nitrogens is 2. The maximum Gasteiger partial charge on any atom is 0.252 e. The topological polar surface area (TPSA) is 66.4 Å². The van der Waals surface area contributed by atoms with Crippen LogP contribution in [-0.4, -0.2) is 42.3 Å². The molecule has 0 N–H and O–H groups in total. The summed E-state index contributed by atoms with van der Waals surface area (Å²) in [5.74, 6) is 0.778. The Morgan fingerprint density at radius 2 is 1.92 bits per heavy atom. The Balaban J connectivity index is 1.55. The average Bonchev–Trinajstić information content (AvgIpc) is 3.09. The minimum Gasteiger partial charge on any atom is -0.341 e. The van der Waals surface area contributed by atoms with Crippen LogP contribution in [0.2, 0.25) is 4.34 Å². The summed E-state index contributed by atoms with van der Waals surface area (Å²) in [5.41, 5.74) is 1.85. The first-order valence-electron chi connectivity index (χ1n) is 8.39. The molecule has 0 radical (unpaired) electrons. The Hall–Kier alpha value is -1.22. The van der Waals surface area contributed by atoms with Crippen LogP contribution in [0.4, 0.5) is 5.95 Å². The van der Waals surface area contributed by atoms with Gasteiger partial charge in [-0.1, -0.05) is 11.6 Å². The number of halogens is 1. The zero-order chi connectivity index (χ0) is 17.4. The predicted octanol–water partition coefficient (Wildman–Crippen LogP) is 2.93. The lowest BCUT2D eigenvalue weighted by atomic mass is 10.1. The summed E-state index contributed by atoms with van der Waals surface area (Å²) in [7, 11) is -3.51. The van der Waals surface area contributed by atoms with Crippen molar-refractivity contribution in [1.82, 2.24) is 14.3 Å². The van der Waals surface area contributed by atoms with Gasteiger partial charge in [0.05, 0.1) is 10.0 Å². The van der Waals surface area contributed by atoms with Crippen LogP contribution < -0.4 is 4.90 Å². The van der Waals surface area contributed by atoms with Gasteiger partial charge in [0.15, 0.2) is 0 Å². The maximum atomic E-state index is 12.8. The molecule has 134 valence electrons. The van der Waals surface area contributed by atoms with Crippen molar-refractivity contribution in [3.05, 3.63) is 33.9 Å². The molecule has 0 bridgehead atoms. The monoisotopic (exact) mass is 398 g/mol. The summed E-state index contributed by atoms with van der Waals surface area (Å²) in [6.07, 6.45) is 6.01. The molecule has 0 amide bonds. The van der Waals surface area contributed by atoms with E-state index in [1.165, 1.54) is 23.6 Å². The van der Waals surface area contributed by atoms with E-state index in [1.54, 1.807) is 18.3 Å². The van der Waals surface area contributed by atoms with Gasteiger partial charge in [-0.15, -0.1) is 11.3 Å². The largest absolute Gasteiger partial charge is 0.341 e. The van der Waals surface area contributed by atoms with Crippen LogP contribution in [0.15, 0.2) is 22.5 Å². The standard InChI is InChI=1S/C16H19ClN4O2S2/c17-14-4-5-15(24-14)25(22,23)21-9-6-13-12(11-21)10-18-16(19-13)20-7-2-1-3-8-20/h4-5,10H,1-3,6-9,11H2. The molecular weight excluding hydrogens is 380 g/mol. The smallest absolute Gasteiger partial charge is 0.252 e. The summed E-state index contributed by atoms with van der Waals surface area (Å²) in [6, 6.07) is 3.18. The lowest BCUT2D eigenvalue weighted by molar-refractivity contribution is 0.387. The highest BCUT2D eigenvalue weighted by Gasteiger charge is 2.30. The Bertz CT molecular complexity index is 878. The molecule has 2 aromatic heterocycles. The molecule has 2 aliphatic rings. The zero-order valence-electron chi connectivity index (χ0n) is 13.7. The molecule has 0 saturated carbocycles. The maximum absolute atomic E-state index is 12.8. The van der Waals surface area contributed by atoms with E-state index < -0.39 is 10.0 Å². The van der Waals surface area contributed by atoms with Crippen molar-refractivity contribution >= 4 is 38.9 Å². The number of piperidine rings is 1. The lowest BCUT2D eigenvalue weighted by Crippen LogP contribution is -2.37. The first-order chi connectivity index (χ1) is 12.0. The van der Waals surface area contributed by atoms with Gasteiger partial charge in [-0.05, 0) is 31.4 Å². The minimum absolute atomic E-state index is 0.284. The molecule has 1 saturated heterocycles. The molecular formula is C16H19ClN4O2S2. The Morgan fingerprint density at radius 3 is 2.64 bits per heavy atom. The number of rotatable bonds is 3. The summed E-state index contributed by atoms with van der Waals surface area (Å²) in [5, 5.41) is 0. The molecule has 0 spiro atoms. The second-order valence-electron chi connectivity index (χ2n) is 6.34. The third kappa shape index (κ3) is 3.40. The molecule has 0 aromatic carbocycles. The molecule has 25 heavy (non-hydrogen) atoms. The highest BCUT2D eigenvalue weighted by molar-refractivity contribution is 7.91. The van der Waals surface area contributed by atoms with Crippen LogP contribution in [0.5, 0.6) is 0 Å². The fraction of sp³-hybridized carbons (Fsp3) is 0.500. The van der Waals surface area contributed by atoms with Gasteiger partial charge in [0.25, 0.3) is 10.0 Å². The lowest BCUT2D eigenvalue weighted by Gasteiger charge is -2.30. The number of sulfonamides is 1. The van der Waals surface area contributed by atoms with Crippen molar-refractivity contribution in [2.24, 2.45) is 0 Å². The summed E-state index contributed by atoms with van der Waals surface area (Å²) >= 11 is 6.98. The van der Waals surface area contributed by atoms with Gasteiger partial charge >= 0.3 is 0 Å². The zero-order valence-corrected chi connectivity index (χ0v) is 16.1. The molecule has 0 unspecified atom stereocenters. The van der Waals surface area contributed by atoms with Crippen molar-refractivity contribution < 1.29 is 8.42 Å². The first kappa shape index (κ1) is 17.2. The molecule has 4 heterocycles. The second kappa shape index (κ2) is 6.83. The SMILES string of the molecule is O=S(=O)(c1ccc(Cl)s1)N1CCc2nc(N3CCCCC3)ncc2C1. The van der Waals surface area contributed by atoms with Crippen LogP contribution in [0.3, 0.4) is 0 Å². The van der Waals surface area contributed by atoms with Crippen LogP contribution in [-0.2, 0) is 23.0 Å². The van der Waals surface area contributed by atoms with E-state index in [2.05, 4.69) is 9.88 Å². The van der Waals surface area contributed by atoms with Crippen LogP contribution >= 0.6 is 22.9 Å². The van der Waals surface area contributed by atoms with Gasteiger partial charge in [0.2, 0.25) is 5.95 Å². The van der Waals surface area contributed by atoms with Crippen molar-refractivity contribution in [1.29, 1.82) is 0 Å². The van der Waals surface area contributed by atoms with Crippen molar-refractivity contribution in [3.63, 3.8) is 0 Å². The van der Waals surface area contributed by atoms with Crippen molar-refractivity contribution in [3.8, 4) is 0 Å². The third-order valence-corrected chi connectivity index (χ3v) is 8.21. The Morgan fingerprint density at radius 1 is 1.12 bits per heavy atom. The third-order valence-electron chi connectivity index (χ3n) is 4.67. The molecule has 0 aliphatic carbocycles. The summed E-state index contributed by atoms with van der Waals surface area (Å²) in [4.78, 5) is 11.4. The number of thiophene rings is 1. The molecule has 6 nitrogen and oxygen atoms in total. The molecule has 2 aliphatic heterocycles. The Kier molecular flexibility index (Phi) is 4.70. The van der Waals surface area contributed by atoms with Gasteiger partial charge in [-0.2, -0.15) is 4.31 Å². The van der Waals surface area contributed by atoms with Gasteiger partial charge < -0.3 is 4.90 Å². The van der Waals surface area contributed by atoms with Crippen LogP contribution in [0, 0.1) is 0 Å². The van der Waals surface area contributed by atoms with Gasteiger partial charge in [0.1, 0.15) is 4.21 Å². The molecule has 1 fully saturated rings. The number of nitrogens with zero attached hydrogens (tertiary/aromatic N) is 4. The van der Waals surface area contributed by atoms with E-state index >= 15 is 0 Å². The summed E-state index contributed by atoms with van der Waals surface area (Å²) in [6.45, 7) is 2.74. The number of hydrogen-bond donors (Lipinski definition) is 0. The van der Waals surface area contributed by atoms with Gasteiger partial charge in [-0.3, -0.25) is 0 Å². The fourth-order valence-corrected chi connectivity index (χ4v) is 6.35. The van der Waals surface area contributed by atoms with Crippen molar-refractivity contribution in [2.45, 2.75) is 36.4 Å². The van der Waals surface area contributed by atoms with E-state index in [4.69, 9.17) is 16.6 Å². The highest BCUT2D eigenvalue weighted by atomic mass is 35.5. The minimum atomic E-state index is -3.51. The van der Waals surface area contributed by atoms with Crippen molar-refractivity contribution in [2.75, 3.05) is 24.5 Å². The highest BCUT2D eigenvalue weighted by Crippen LogP contribution is 2.31. The molecule has 2 aromatic rings.